The lowest BCUT2D eigenvalue weighted by molar-refractivity contribution is 0.112. The number of carbonyl (C=O) groups excluding carboxylic acids is 1. The molecule has 4 heteroatoms. The maximum Gasteiger partial charge on any atom is 0.172 e. The van der Waals surface area contributed by atoms with Crippen molar-refractivity contribution in [3.63, 3.8) is 0 Å². The van der Waals surface area contributed by atoms with Gasteiger partial charge in [-0.1, -0.05) is 22.9 Å². The van der Waals surface area contributed by atoms with E-state index in [4.69, 9.17) is 11.6 Å². The van der Waals surface area contributed by atoms with Gasteiger partial charge in [0.25, 0.3) is 0 Å². The number of hydrogen-bond acceptors (Lipinski definition) is 3. The van der Waals surface area contributed by atoms with Gasteiger partial charge in [-0.05, 0) is 12.1 Å². The van der Waals surface area contributed by atoms with Gasteiger partial charge in [0.1, 0.15) is 6.29 Å². The Morgan fingerprint density at radius 1 is 1.38 bits per heavy atom. The van der Waals surface area contributed by atoms with Crippen LogP contribution in [0, 0.1) is 0 Å². The zero-order valence-electron chi connectivity index (χ0n) is 6.45. The summed E-state index contributed by atoms with van der Waals surface area (Å²) in [6.07, 6.45) is 0.738. The van der Waals surface area contributed by atoms with Gasteiger partial charge in [-0.25, -0.2) is 0 Å². The lowest BCUT2D eigenvalue weighted by Crippen LogP contribution is -1.77. The van der Waals surface area contributed by atoms with Crippen molar-refractivity contribution >= 4 is 39.3 Å². The predicted octanol–water partition coefficient (Wildman–Crippen LogP) is 3.07. The molecule has 1 N–H and O–H groups in total. The molecule has 1 aromatic heterocycles. The number of halogens is 1. The summed E-state index contributed by atoms with van der Waals surface area (Å²) >= 11 is 7.10. The Morgan fingerprint density at radius 2 is 2.15 bits per heavy atom. The lowest BCUT2D eigenvalue weighted by atomic mass is 10.2. The van der Waals surface area contributed by atoms with E-state index in [1.165, 1.54) is 11.3 Å². The van der Waals surface area contributed by atoms with Gasteiger partial charge in [0, 0.05) is 21.7 Å². The lowest BCUT2D eigenvalue weighted by Gasteiger charge is -1.94. The highest BCUT2D eigenvalue weighted by molar-refractivity contribution is 7.20. The predicted molar refractivity (Wildman–Crippen MR) is 53.9 cm³/mol. The van der Waals surface area contributed by atoms with E-state index in [2.05, 4.69) is 0 Å². The number of fused-ring (bicyclic) bond motifs is 1. The summed E-state index contributed by atoms with van der Waals surface area (Å²) in [6, 6.07) is 4.89. The van der Waals surface area contributed by atoms with E-state index in [9.17, 15) is 9.90 Å². The molecule has 2 rings (SSSR count). The third-order valence-electron chi connectivity index (χ3n) is 1.73. The smallest absolute Gasteiger partial charge is 0.172 e. The highest BCUT2D eigenvalue weighted by Gasteiger charge is 2.05. The number of benzene rings is 1. The van der Waals surface area contributed by atoms with E-state index in [1.807, 2.05) is 0 Å². The minimum Gasteiger partial charge on any atom is -0.499 e. The van der Waals surface area contributed by atoms with Gasteiger partial charge in [0.05, 0.1) is 5.02 Å². The Hall–Kier alpha value is -1.06. The highest BCUT2D eigenvalue weighted by Crippen LogP contribution is 2.35. The molecule has 0 unspecified atom stereocenters. The van der Waals surface area contributed by atoms with Crippen molar-refractivity contribution < 1.29 is 9.90 Å². The van der Waals surface area contributed by atoms with Gasteiger partial charge >= 0.3 is 0 Å². The molecular formula is C9H5ClO2S. The molecule has 1 aromatic carbocycles. The number of carbonyl (C=O) groups is 1. The molecule has 0 bridgehead atoms. The van der Waals surface area contributed by atoms with Crippen LogP contribution in [-0.4, -0.2) is 11.4 Å². The molecule has 0 spiro atoms. The van der Waals surface area contributed by atoms with E-state index in [0.29, 0.717) is 10.6 Å². The van der Waals surface area contributed by atoms with Crippen LogP contribution in [0.25, 0.3) is 10.1 Å². The van der Waals surface area contributed by atoms with Gasteiger partial charge in [0.2, 0.25) is 0 Å². The monoisotopic (exact) mass is 212 g/mol. The molecule has 2 nitrogen and oxygen atoms in total. The van der Waals surface area contributed by atoms with Crippen LogP contribution in [-0.2, 0) is 0 Å². The average Bonchev–Trinajstić information content (AvgIpc) is 2.46. The van der Waals surface area contributed by atoms with Crippen molar-refractivity contribution in [2.24, 2.45) is 0 Å². The Morgan fingerprint density at radius 3 is 2.85 bits per heavy atom. The van der Waals surface area contributed by atoms with Crippen LogP contribution in [0.15, 0.2) is 18.2 Å². The molecule has 0 atom stereocenters. The Bertz CT molecular complexity index is 476. The molecule has 0 amide bonds. The topological polar surface area (TPSA) is 37.3 Å². The highest BCUT2D eigenvalue weighted by atomic mass is 35.5. The standard InChI is InChI=1S/C9H5ClO2S/c10-7-1-5(4-11)2-8-6(7)3-9(12)13-8/h1-4,12H. The molecule has 0 saturated carbocycles. The molecule has 0 fully saturated rings. The maximum atomic E-state index is 10.5. The number of hydrogen-bond donors (Lipinski definition) is 1. The van der Waals surface area contributed by atoms with Gasteiger partial charge in [-0.2, -0.15) is 0 Å². The van der Waals surface area contributed by atoms with Gasteiger partial charge < -0.3 is 5.11 Å². The molecule has 66 valence electrons. The first-order valence-corrected chi connectivity index (χ1v) is 4.77. The van der Waals surface area contributed by atoms with Crippen LogP contribution in [0.2, 0.25) is 5.02 Å². The molecule has 0 aliphatic heterocycles. The zero-order valence-corrected chi connectivity index (χ0v) is 8.02. The third-order valence-corrected chi connectivity index (χ3v) is 2.93. The molecule has 0 aliphatic carbocycles. The van der Waals surface area contributed by atoms with E-state index in [0.717, 1.165) is 16.4 Å². The minimum absolute atomic E-state index is 0.208. The number of aromatic hydroxyl groups is 1. The van der Waals surface area contributed by atoms with Gasteiger partial charge in [0.15, 0.2) is 5.06 Å². The summed E-state index contributed by atoms with van der Waals surface area (Å²) in [6.45, 7) is 0. The van der Waals surface area contributed by atoms with Crippen molar-refractivity contribution in [3.05, 3.63) is 28.8 Å². The number of aldehydes is 1. The summed E-state index contributed by atoms with van der Waals surface area (Å²) in [7, 11) is 0. The van der Waals surface area contributed by atoms with Crippen LogP contribution in [0.5, 0.6) is 5.06 Å². The van der Waals surface area contributed by atoms with Crippen molar-refractivity contribution in [2.45, 2.75) is 0 Å². The van der Waals surface area contributed by atoms with E-state index in [1.54, 1.807) is 18.2 Å². The first-order valence-electron chi connectivity index (χ1n) is 3.58. The van der Waals surface area contributed by atoms with Crippen LogP contribution >= 0.6 is 22.9 Å². The second-order valence-electron chi connectivity index (χ2n) is 2.62. The van der Waals surface area contributed by atoms with Crippen LogP contribution in [0.3, 0.4) is 0 Å². The summed E-state index contributed by atoms with van der Waals surface area (Å²) < 4.78 is 0.826. The largest absolute Gasteiger partial charge is 0.499 e. The quantitative estimate of drug-likeness (QED) is 0.738. The Balaban J connectivity index is 2.82. The van der Waals surface area contributed by atoms with Gasteiger partial charge in [-0.15, -0.1) is 0 Å². The second-order valence-corrected chi connectivity index (χ2v) is 4.09. The fourth-order valence-electron chi connectivity index (χ4n) is 1.17. The summed E-state index contributed by atoms with van der Waals surface area (Å²) in [5.74, 6) is 0. The summed E-state index contributed by atoms with van der Waals surface area (Å²) in [5.41, 5.74) is 0.527. The SMILES string of the molecule is O=Cc1cc(Cl)c2cc(O)sc2c1. The molecular weight excluding hydrogens is 208 g/mol. The molecule has 0 saturated heterocycles. The van der Waals surface area contributed by atoms with E-state index >= 15 is 0 Å². The van der Waals surface area contributed by atoms with Crippen LogP contribution < -0.4 is 0 Å². The zero-order chi connectivity index (χ0) is 9.42. The Labute approximate surface area is 83.4 Å². The average molecular weight is 213 g/mol. The normalized spacial score (nSPS) is 10.5. The molecule has 13 heavy (non-hydrogen) atoms. The number of rotatable bonds is 1. The van der Waals surface area contributed by atoms with Crippen molar-refractivity contribution in [1.82, 2.24) is 0 Å². The second kappa shape index (κ2) is 3.01. The summed E-state index contributed by atoms with van der Waals surface area (Å²) in [5, 5.41) is 10.7. The third kappa shape index (κ3) is 1.41. The maximum absolute atomic E-state index is 10.5. The van der Waals surface area contributed by atoms with Crippen LogP contribution in [0.1, 0.15) is 10.4 Å². The van der Waals surface area contributed by atoms with Crippen molar-refractivity contribution in [2.75, 3.05) is 0 Å². The molecule has 1 heterocycles. The van der Waals surface area contributed by atoms with Crippen LogP contribution in [0.4, 0.5) is 0 Å². The first-order chi connectivity index (χ1) is 6.20. The molecule has 2 aromatic rings. The number of thiophene rings is 1. The van der Waals surface area contributed by atoms with Crippen molar-refractivity contribution in [3.8, 4) is 5.06 Å². The fourth-order valence-corrected chi connectivity index (χ4v) is 2.39. The minimum atomic E-state index is 0.208. The van der Waals surface area contributed by atoms with Gasteiger partial charge in [-0.3, -0.25) is 4.79 Å². The Kier molecular flexibility index (Phi) is 1.98. The molecule has 0 aliphatic rings. The fraction of sp³-hybridized carbons (Fsp3) is 0. The molecule has 0 radical (unpaired) electrons. The van der Waals surface area contributed by atoms with Crippen molar-refractivity contribution in [1.29, 1.82) is 0 Å². The van der Waals surface area contributed by atoms with E-state index < -0.39 is 0 Å². The van der Waals surface area contributed by atoms with E-state index in [-0.39, 0.29) is 5.06 Å². The summed E-state index contributed by atoms with van der Waals surface area (Å²) in [4.78, 5) is 10.5. The first kappa shape index (κ1) is 8.53.